The lowest BCUT2D eigenvalue weighted by Crippen LogP contribution is -2.27. The van der Waals surface area contributed by atoms with Crippen LogP contribution in [0.4, 0.5) is 0 Å². The SMILES string of the molecule is CC(CN1CCCC1)C(C)c1ccc2c(c1)CCCC2. The van der Waals surface area contributed by atoms with Crippen LogP contribution in [0.25, 0.3) is 0 Å². The first-order valence-electron chi connectivity index (χ1n) is 8.58. The fraction of sp³-hybridized carbons (Fsp3) is 0.684. The van der Waals surface area contributed by atoms with E-state index in [0.717, 1.165) is 5.92 Å². The summed E-state index contributed by atoms with van der Waals surface area (Å²) >= 11 is 0. The van der Waals surface area contributed by atoms with Gasteiger partial charge in [0.2, 0.25) is 0 Å². The Morgan fingerprint density at radius 2 is 1.65 bits per heavy atom. The van der Waals surface area contributed by atoms with Crippen molar-refractivity contribution in [2.24, 2.45) is 5.92 Å². The van der Waals surface area contributed by atoms with E-state index in [1.54, 1.807) is 16.7 Å². The number of fused-ring (bicyclic) bond motifs is 1. The second-order valence-corrected chi connectivity index (χ2v) is 7.01. The molecule has 0 N–H and O–H groups in total. The number of hydrogen-bond acceptors (Lipinski definition) is 1. The van der Waals surface area contributed by atoms with E-state index < -0.39 is 0 Å². The third-order valence-corrected chi connectivity index (χ3v) is 5.50. The lowest BCUT2D eigenvalue weighted by Gasteiger charge is -2.27. The Hall–Kier alpha value is -0.820. The molecule has 0 saturated carbocycles. The average molecular weight is 271 g/mol. The number of rotatable bonds is 4. The topological polar surface area (TPSA) is 3.24 Å². The molecule has 1 aromatic carbocycles. The Balaban J connectivity index is 1.67. The van der Waals surface area contributed by atoms with Crippen molar-refractivity contribution in [2.45, 2.75) is 58.3 Å². The van der Waals surface area contributed by atoms with E-state index >= 15 is 0 Å². The lowest BCUT2D eigenvalue weighted by atomic mass is 9.84. The Morgan fingerprint density at radius 3 is 2.40 bits per heavy atom. The van der Waals surface area contributed by atoms with Gasteiger partial charge in [0.25, 0.3) is 0 Å². The van der Waals surface area contributed by atoms with E-state index in [2.05, 4.69) is 36.9 Å². The van der Waals surface area contributed by atoms with Gasteiger partial charge >= 0.3 is 0 Å². The summed E-state index contributed by atoms with van der Waals surface area (Å²) in [6.45, 7) is 8.77. The second-order valence-electron chi connectivity index (χ2n) is 7.01. The van der Waals surface area contributed by atoms with Crippen LogP contribution in [0.2, 0.25) is 0 Å². The highest BCUT2D eigenvalue weighted by molar-refractivity contribution is 5.35. The van der Waals surface area contributed by atoms with Gasteiger partial charge in [-0.25, -0.2) is 0 Å². The summed E-state index contributed by atoms with van der Waals surface area (Å²) in [5, 5.41) is 0. The molecule has 1 fully saturated rings. The molecule has 1 aromatic rings. The van der Waals surface area contributed by atoms with Crippen LogP contribution in [0, 0.1) is 5.92 Å². The van der Waals surface area contributed by atoms with Gasteiger partial charge in [0.1, 0.15) is 0 Å². The number of nitrogens with zero attached hydrogens (tertiary/aromatic N) is 1. The normalized spacial score (nSPS) is 22.5. The molecule has 1 saturated heterocycles. The Kier molecular flexibility index (Phi) is 4.45. The molecule has 0 radical (unpaired) electrons. The van der Waals surface area contributed by atoms with Gasteiger partial charge in [-0.3, -0.25) is 0 Å². The quantitative estimate of drug-likeness (QED) is 0.784. The van der Waals surface area contributed by atoms with Crippen molar-refractivity contribution in [3.8, 4) is 0 Å². The van der Waals surface area contributed by atoms with Crippen LogP contribution in [0.15, 0.2) is 18.2 Å². The fourth-order valence-corrected chi connectivity index (χ4v) is 3.90. The van der Waals surface area contributed by atoms with E-state index in [9.17, 15) is 0 Å². The minimum atomic E-state index is 0.683. The molecule has 0 bridgehead atoms. The minimum absolute atomic E-state index is 0.683. The summed E-state index contributed by atoms with van der Waals surface area (Å²) in [5.41, 5.74) is 4.81. The molecule has 0 amide bonds. The van der Waals surface area contributed by atoms with Gasteiger partial charge < -0.3 is 4.90 Å². The largest absolute Gasteiger partial charge is 0.303 e. The number of hydrogen-bond donors (Lipinski definition) is 0. The van der Waals surface area contributed by atoms with Gasteiger partial charge in [-0.2, -0.15) is 0 Å². The van der Waals surface area contributed by atoms with Crippen LogP contribution < -0.4 is 0 Å². The molecular weight excluding hydrogens is 242 g/mol. The van der Waals surface area contributed by atoms with Gasteiger partial charge in [-0.15, -0.1) is 0 Å². The van der Waals surface area contributed by atoms with E-state index in [-0.39, 0.29) is 0 Å². The van der Waals surface area contributed by atoms with Crippen LogP contribution in [0.5, 0.6) is 0 Å². The zero-order valence-corrected chi connectivity index (χ0v) is 13.2. The van der Waals surface area contributed by atoms with Gasteiger partial charge in [-0.05, 0) is 80.1 Å². The van der Waals surface area contributed by atoms with Gasteiger partial charge in [0.05, 0.1) is 0 Å². The summed E-state index contributed by atoms with van der Waals surface area (Å²) in [6.07, 6.45) is 8.17. The fourth-order valence-electron chi connectivity index (χ4n) is 3.90. The first-order valence-corrected chi connectivity index (χ1v) is 8.58. The standard InChI is InChI=1S/C19H29N/c1-15(14-20-11-5-6-12-20)16(2)18-10-9-17-7-3-4-8-19(17)13-18/h9-10,13,15-16H,3-8,11-12,14H2,1-2H3. The van der Waals surface area contributed by atoms with Crippen LogP contribution in [0.3, 0.4) is 0 Å². The molecule has 1 nitrogen and oxygen atoms in total. The molecule has 110 valence electrons. The summed E-state index contributed by atoms with van der Waals surface area (Å²) in [4.78, 5) is 2.65. The second kappa shape index (κ2) is 6.30. The highest BCUT2D eigenvalue weighted by atomic mass is 15.1. The van der Waals surface area contributed by atoms with Gasteiger partial charge in [0, 0.05) is 6.54 Å². The maximum absolute atomic E-state index is 2.65. The maximum Gasteiger partial charge on any atom is 0.00128 e. The zero-order chi connectivity index (χ0) is 13.9. The number of likely N-dealkylation sites (tertiary alicyclic amines) is 1. The van der Waals surface area contributed by atoms with Gasteiger partial charge in [0.15, 0.2) is 0 Å². The van der Waals surface area contributed by atoms with Crippen molar-refractivity contribution >= 4 is 0 Å². The van der Waals surface area contributed by atoms with Crippen molar-refractivity contribution in [3.63, 3.8) is 0 Å². The molecule has 0 spiro atoms. The molecule has 1 heteroatoms. The molecule has 20 heavy (non-hydrogen) atoms. The highest BCUT2D eigenvalue weighted by Crippen LogP contribution is 2.30. The van der Waals surface area contributed by atoms with Crippen molar-refractivity contribution in [1.82, 2.24) is 4.90 Å². The summed E-state index contributed by atoms with van der Waals surface area (Å²) in [7, 11) is 0. The van der Waals surface area contributed by atoms with E-state index in [1.165, 1.54) is 58.2 Å². The number of aryl methyl sites for hydroxylation is 2. The van der Waals surface area contributed by atoms with Crippen LogP contribution in [-0.4, -0.2) is 24.5 Å². The van der Waals surface area contributed by atoms with Crippen molar-refractivity contribution in [3.05, 3.63) is 34.9 Å². The van der Waals surface area contributed by atoms with Crippen molar-refractivity contribution in [2.75, 3.05) is 19.6 Å². The third-order valence-electron chi connectivity index (χ3n) is 5.50. The highest BCUT2D eigenvalue weighted by Gasteiger charge is 2.21. The summed E-state index contributed by atoms with van der Waals surface area (Å²) in [5.74, 6) is 1.44. The molecular formula is C19H29N. The predicted molar refractivity (Wildman–Crippen MR) is 86.3 cm³/mol. The van der Waals surface area contributed by atoms with Crippen LogP contribution in [-0.2, 0) is 12.8 Å². The minimum Gasteiger partial charge on any atom is -0.303 e. The van der Waals surface area contributed by atoms with E-state index in [1.807, 2.05) is 0 Å². The summed E-state index contributed by atoms with van der Waals surface area (Å²) < 4.78 is 0. The zero-order valence-electron chi connectivity index (χ0n) is 13.2. The predicted octanol–water partition coefficient (Wildman–Crippen LogP) is 4.40. The lowest BCUT2D eigenvalue weighted by molar-refractivity contribution is 0.269. The molecule has 2 atom stereocenters. The molecule has 1 aliphatic carbocycles. The molecule has 2 aliphatic rings. The van der Waals surface area contributed by atoms with E-state index in [4.69, 9.17) is 0 Å². The third kappa shape index (κ3) is 3.09. The first kappa shape index (κ1) is 14.1. The smallest absolute Gasteiger partial charge is 0.00128 e. The summed E-state index contributed by atoms with van der Waals surface area (Å²) in [6, 6.07) is 7.32. The number of benzene rings is 1. The van der Waals surface area contributed by atoms with E-state index in [0.29, 0.717) is 5.92 Å². The van der Waals surface area contributed by atoms with Crippen molar-refractivity contribution < 1.29 is 0 Å². The maximum atomic E-state index is 2.65. The molecule has 1 heterocycles. The average Bonchev–Trinajstić information content (AvgIpc) is 2.99. The first-order chi connectivity index (χ1) is 9.74. The molecule has 3 rings (SSSR count). The Labute approximate surface area is 124 Å². The van der Waals surface area contributed by atoms with Crippen LogP contribution in [0.1, 0.15) is 62.1 Å². The Morgan fingerprint density at radius 1 is 0.950 bits per heavy atom. The monoisotopic (exact) mass is 271 g/mol. The Bertz CT molecular complexity index is 445. The molecule has 0 aromatic heterocycles. The molecule has 2 unspecified atom stereocenters. The van der Waals surface area contributed by atoms with Gasteiger partial charge in [-0.1, -0.05) is 32.0 Å². The van der Waals surface area contributed by atoms with Crippen molar-refractivity contribution in [1.29, 1.82) is 0 Å². The van der Waals surface area contributed by atoms with Crippen LogP contribution >= 0.6 is 0 Å². The molecule has 1 aliphatic heterocycles.